The van der Waals surface area contributed by atoms with Crippen LogP contribution in [0.1, 0.15) is 49.7 Å². The van der Waals surface area contributed by atoms with E-state index in [2.05, 4.69) is 15.1 Å². The van der Waals surface area contributed by atoms with E-state index in [0.717, 1.165) is 12.8 Å². The Bertz CT molecular complexity index is 934. The van der Waals surface area contributed by atoms with E-state index < -0.39 is 4.92 Å². The van der Waals surface area contributed by atoms with Gasteiger partial charge in [0.15, 0.2) is 6.61 Å². The average Bonchev–Trinajstić information content (AvgIpc) is 3.15. The van der Waals surface area contributed by atoms with Crippen LogP contribution >= 0.6 is 0 Å². The van der Waals surface area contributed by atoms with Crippen LogP contribution in [0.25, 0.3) is 10.9 Å². The van der Waals surface area contributed by atoms with E-state index in [0.29, 0.717) is 34.3 Å². The zero-order chi connectivity index (χ0) is 17.9. The van der Waals surface area contributed by atoms with Crippen LogP contribution in [0.4, 0.5) is 5.69 Å². The molecule has 0 unspecified atom stereocenters. The fourth-order valence-corrected chi connectivity index (χ4v) is 3.39. The number of nitro groups is 1. The summed E-state index contributed by atoms with van der Waals surface area (Å²) in [6.07, 6.45) is 7.40. The Balaban J connectivity index is 1.52. The maximum atomic E-state index is 11.2. The standard InChI is InChI=1S/C18H18N4O4/c23-22(24)14-8-9-15(17-13(14)7-4-10-19-17)25-11-16-20-18(26-21-16)12-5-2-1-3-6-12/h4,7-10,12H,1-3,5-6,11H2. The Morgan fingerprint density at radius 3 is 2.88 bits per heavy atom. The molecule has 0 spiro atoms. The Morgan fingerprint density at radius 2 is 2.08 bits per heavy atom. The molecule has 1 fully saturated rings. The molecule has 1 aliphatic carbocycles. The highest BCUT2D eigenvalue weighted by molar-refractivity contribution is 5.92. The van der Waals surface area contributed by atoms with Gasteiger partial charge >= 0.3 is 0 Å². The minimum atomic E-state index is -0.427. The second-order valence-corrected chi connectivity index (χ2v) is 6.41. The van der Waals surface area contributed by atoms with E-state index >= 15 is 0 Å². The van der Waals surface area contributed by atoms with Gasteiger partial charge < -0.3 is 9.26 Å². The van der Waals surface area contributed by atoms with Crippen molar-refractivity contribution in [2.75, 3.05) is 0 Å². The quantitative estimate of drug-likeness (QED) is 0.500. The van der Waals surface area contributed by atoms with Crippen LogP contribution in [0, 0.1) is 10.1 Å². The summed E-state index contributed by atoms with van der Waals surface area (Å²) in [4.78, 5) is 19.4. The molecule has 0 radical (unpaired) electrons. The first-order valence-corrected chi connectivity index (χ1v) is 8.70. The normalized spacial score (nSPS) is 15.2. The van der Waals surface area contributed by atoms with Crippen molar-refractivity contribution in [3.8, 4) is 5.75 Å². The lowest BCUT2D eigenvalue weighted by Crippen LogP contribution is -2.05. The van der Waals surface area contributed by atoms with E-state index in [9.17, 15) is 10.1 Å². The highest BCUT2D eigenvalue weighted by atomic mass is 16.6. The van der Waals surface area contributed by atoms with Crippen LogP contribution in [-0.4, -0.2) is 20.0 Å². The molecule has 0 atom stereocenters. The zero-order valence-corrected chi connectivity index (χ0v) is 14.1. The molecule has 1 aliphatic rings. The number of benzene rings is 1. The predicted octanol–water partition coefficient (Wildman–Crippen LogP) is 4.15. The van der Waals surface area contributed by atoms with Gasteiger partial charge in [-0.1, -0.05) is 24.4 Å². The number of aromatic nitrogens is 3. The molecule has 1 aromatic carbocycles. The van der Waals surface area contributed by atoms with Crippen LogP contribution in [0.3, 0.4) is 0 Å². The van der Waals surface area contributed by atoms with Gasteiger partial charge in [0.05, 0.1) is 10.3 Å². The largest absolute Gasteiger partial charge is 0.483 e. The molecule has 134 valence electrons. The predicted molar refractivity (Wildman–Crippen MR) is 92.9 cm³/mol. The molecule has 26 heavy (non-hydrogen) atoms. The molecule has 1 saturated carbocycles. The summed E-state index contributed by atoms with van der Waals surface area (Å²) in [5.74, 6) is 1.94. The Kier molecular flexibility index (Phi) is 4.47. The summed E-state index contributed by atoms with van der Waals surface area (Å²) in [5.41, 5.74) is 0.442. The van der Waals surface area contributed by atoms with E-state index in [1.807, 2.05) is 0 Å². The third-order valence-electron chi connectivity index (χ3n) is 4.70. The van der Waals surface area contributed by atoms with Crippen molar-refractivity contribution in [3.05, 3.63) is 52.3 Å². The molecular weight excluding hydrogens is 336 g/mol. The molecule has 0 bridgehead atoms. The molecule has 0 N–H and O–H groups in total. The second-order valence-electron chi connectivity index (χ2n) is 6.41. The molecule has 8 nitrogen and oxygen atoms in total. The number of nitro benzene ring substituents is 1. The molecule has 8 heteroatoms. The average molecular weight is 354 g/mol. The number of rotatable bonds is 5. The number of pyridine rings is 1. The minimum absolute atomic E-state index is 0.000374. The fraction of sp³-hybridized carbons (Fsp3) is 0.389. The Labute approximate surface area is 149 Å². The molecule has 0 aliphatic heterocycles. The number of hydrogen-bond donors (Lipinski definition) is 0. The number of nitrogens with zero attached hydrogens (tertiary/aromatic N) is 4. The van der Waals surface area contributed by atoms with E-state index in [-0.39, 0.29) is 12.3 Å². The fourth-order valence-electron chi connectivity index (χ4n) is 3.39. The number of hydrogen-bond acceptors (Lipinski definition) is 7. The first-order chi connectivity index (χ1) is 12.7. The first-order valence-electron chi connectivity index (χ1n) is 8.70. The highest BCUT2D eigenvalue weighted by Crippen LogP contribution is 2.33. The third-order valence-corrected chi connectivity index (χ3v) is 4.70. The van der Waals surface area contributed by atoms with E-state index in [4.69, 9.17) is 9.26 Å². The SMILES string of the molecule is O=[N+]([O-])c1ccc(OCc2noc(C3CCCCC3)n2)c2ncccc12. The second kappa shape index (κ2) is 7.07. The summed E-state index contributed by atoms with van der Waals surface area (Å²) < 4.78 is 11.2. The van der Waals surface area contributed by atoms with Crippen LogP contribution in [0.15, 0.2) is 35.0 Å². The van der Waals surface area contributed by atoms with Gasteiger partial charge in [0, 0.05) is 18.2 Å². The van der Waals surface area contributed by atoms with Gasteiger partial charge in [-0.25, -0.2) is 0 Å². The van der Waals surface area contributed by atoms with Crippen molar-refractivity contribution in [2.24, 2.45) is 0 Å². The molecule has 2 aromatic heterocycles. The zero-order valence-electron chi connectivity index (χ0n) is 14.1. The highest BCUT2D eigenvalue weighted by Gasteiger charge is 2.22. The third kappa shape index (κ3) is 3.22. The van der Waals surface area contributed by atoms with Gasteiger partial charge in [-0.2, -0.15) is 4.98 Å². The van der Waals surface area contributed by atoms with Crippen LogP contribution < -0.4 is 4.74 Å². The molecule has 0 amide bonds. The van der Waals surface area contributed by atoms with Gasteiger partial charge in [-0.05, 0) is 31.0 Å². The van der Waals surface area contributed by atoms with Gasteiger partial charge in [0.1, 0.15) is 11.3 Å². The van der Waals surface area contributed by atoms with Gasteiger partial charge in [0.2, 0.25) is 11.7 Å². The summed E-state index contributed by atoms with van der Waals surface area (Å²) >= 11 is 0. The molecule has 2 heterocycles. The molecule has 3 aromatic rings. The van der Waals surface area contributed by atoms with Crippen LogP contribution in [0.5, 0.6) is 5.75 Å². The van der Waals surface area contributed by atoms with Crippen LogP contribution in [-0.2, 0) is 6.61 Å². The van der Waals surface area contributed by atoms with Crippen molar-refractivity contribution in [1.29, 1.82) is 0 Å². The summed E-state index contributed by atoms with van der Waals surface area (Å²) in [6.45, 7) is 0.125. The van der Waals surface area contributed by atoms with Crippen LogP contribution in [0.2, 0.25) is 0 Å². The summed E-state index contributed by atoms with van der Waals surface area (Å²) in [7, 11) is 0. The molecule has 4 rings (SSSR count). The first kappa shape index (κ1) is 16.4. The Morgan fingerprint density at radius 1 is 1.23 bits per heavy atom. The monoisotopic (exact) mass is 354 g/mol. The lowest BCUT2D eigenvalue weighted by molar-refractivity contribution is -0.383. The summed E-state index contributed by atoms with van der Waals surface area (Å²) in [6, 6.07) is 6.29. The van der Waals surface area contributed by atoms with Crippen molar-refractivity contribution in [1.82, 2.24) is 15.1 Å². The van der Waals surface area contributed by atoms with Crippen molar-refractivity contribution >= 4 is 16.6 Å². The van der Waals surface area contributed by atoms with E-state index in [1.54, 1.807) is 24.4 Å². The molecular formula is C18H18N4O4. The van der Waals surface area contributed by atoms with Crippen molar-refractivity contribution in [2.45, 2.75) is 44.6 Å². The lowest BCUT2D eigenvalue weighted by Gasteiger charge is -2.17. The van der Waals surface area contributed by atoms with Crippen molar-refractivity contribution in [3.63, 3.8) is 0 Å². The van der Waals surface area contributed by atoms with E-state index in [1.165, 1.54) is 25.3 Å². The van der Waals surface area contributed by atoms with Gasteiger partial charge in [-0.3, -0.25) is 15.1 Å². The topological polar surface area (TPSA) is 104 Å². The summed E-state index contributed by atoms with van der Waals surface area (Å²) in [5, 5.41) is 15.6. The number of non-ortho nitro benzene ring substituents is 1. The van der Waals surface area contributed by atoms with Gasteiger partial charge in [-0.15, -0.1) is 0 Å². The maximum Gasteiger partial charge on any atom is 0.279 e. The van der Waals surface area contributed by atoms with Crippen molar-refractivity contribution < 1.29 is 14.2 Å². The van der Waals surface area contributed by atoms with Gasteiger partial charge in [0.25, 0.3) is 5.69 Å². The molecule has 0 saturated heterocycles. The lowest BCUT2D eigenvalue weighted by atomic mass is 9.89. The smallest absolute Gasteiger partial charge is 0.279 e. The minimum Gasteiger partial charge on any atom is -0.483 e. The maximum absolute atomic E-state index is 11.2. The number of ether oxygens (including phenoxy) is 1. The Hall–Kier alpha value is -3.03. The number of fused-ring (bicyclic) bond motifs is 1.